The van der Waals surface area contributed by atoms with Gasteiger partial charge in [-0.1, -0.05) is 103 Å². The maximum absolute atomic E-state index is 12.1. The van der Waals surface area contributed by atoms with E-state index in [2.05, 4.69) is 102 Å². The standard InChI is InChI=1S/C26H23NOS/c28-25-18-20-19-27(17-16-24(20)29-25)26(21-10-4-1-5-11-21,22-12-6-2-7-13-22)23-14-8-3-9-15-23/h1-15,19,24H,16-18H2/t24-/m0/s1. The third-order valence-electron chi connectivity index (χ3n) is 6.00. The van der Waals surface area contributed by atoms with Crippen molar-refractivity contribution in [2.75, 3.05) is 6.54 Å². The number of thioether (sulfide) groups is 1. The number of hydrogen-bond acceptors (Lipinski definition) is 3. The summed E-state index contributed by atoms with van der Waals surface area (Å²) in [5.41, 5.74) is 4.55. The van der Waals surface area contributed by atoms with Gasteiger partial charge in [0.1, 0.15) is 5.54 Å². The summed E-state index contributed by atoms with van der Waals surface area (Å²) < 4.78 is 0. The highest BCUT2D eigenvalue weighted by atomic mass is 32.2. The van der Waals surface area contributed by atoms with E-state index in [0.29, 0.717) is 16.8 Å². The zero-order valence-electron chi connectivity index (χ0n) is 16.2. The lowest BCUT2D eigenvalue weighted by atomic mass is 9.75. The highest BCUT2D eigenvalue weighted by Gasteiger charge is 2.44. The minimum Gasteiger partial charge on any atom is -0.360 e. The van der Waals surface area contributed by atoms with Crippen LogP contribution in [0.4, 0.5) is 0 Å². The number of hydrogen-bond donors (Lipinski definition) is 0. The Morgan fingerprint density at radius 2 is 1.24 bits per heavy atom. The predicted molar refractivity (Wildman–Crippen MR) is 120 cm³/mol. The van der Waals surface area contributed by atoms with E-state index in [0.717, 1.165) is 13.0 Å². The molecule has 0 radical (unpaired) electrons. The van der Waals surface area contributed by atoms with Crippen molar-refractivity contribution in [1.82, 2.24) is 4.90 Å². The molecule has 3 aromatic rings. The van der Waals surface area contributed by atoms with Crippen LogP contribution in [-0.2, 0) is 10.3 Å². The van der Waals surface area contributed by atoms with Gasteiger partial charge in [-0.2, -0.15) is 0 Å². The largest absolute Gasteiger partial charge is 0.360 e. The first-order valence-corrected chi connectivity index (χ1v) is 11.0. The molecular weight excluding hydrogens is 374 g/mol. The SMILES string of the molecule is O=C1CC2=CN(C(c3ccccc3)(c3ccccc3)c3ccccc3)CC[C@@H]2S1. The normalized spacial score (nSPS) is 19.0. The number of fused-ring (bicyclic) bond motifs is 1. The Morgan fingerprint density at radius 3 is 1.72 bits per heavy atom. The molecule has 2 heterocycles. The molecule has 0 N–H and O–H groups in total. The van der Waals surface area contributed by atoms with E-state index in [1.807, 2.05) is 0 Å². The predicted octanol–water partition coefficient (Wildman–Crippen LogP) is 5.60. The minimum absolute atomic E-state index is 0.299. The summed E-state index contributed by atoms with van der Waals surface area (Å²) in [5.74, 6) is 0. The van der Waals surface area contributed by atoms with Crippen LogP contribution in [0.5, 0.6) is 0 Å². The van der Waals surface area contributed by atoms with Gasteiger partial charge in [-0.3, -0.25) is 4.79 Å². The fraction of sp³-hybridized carbons (Fsp3) is 0.192. The van der Waals surface area contributed by atoms with Crippen LogP contribution in [-0.4, -0.2) is 21.8 Å². The monoisotopic (exact) mass is 397 g/mol. The molecule has 0 amide bonds. The number of carbonyl (C=O) groups is 1. The zero-order chi connectivity index (χ0) is 19.7. The van der Waals surface area contributed by atoms with E-state index >= 15 is 0 Å². The second-order valence-corrected chi connectivity index (χ2v) is 8.91. The Balaban J connectivity index is 1.78. The number of carbonyl (C=O) groups excluding carboxylic acids is 1. The van der Waals surface area contributed by atoms with Crippen LogP contribution in [0.15, 0.2) is 103 Å². The van der Waals surface area contributed by atoms with Crippen LogP contribution in [0.3, 0.4) is 0 Å². The number of benzene rings is 3. The van der Waals surface area contributed by atoms with E-state index in [9.17, 15) is 4.79 Å². The molecule has 0 bridgehead atoms. The fourth-order valence-electron chi connectivity index (χ4n) is 4.75. The van der Waals surface area contributed by atoms with Crippen molar-refractivity contribution in [3.05, 3.63) is 119 Å². The molecule has 2 aliphatic heterocycles. The summed E-state index contributed by atoms with van der Waals surface area (Å²) in [5, 5.41) is 0.645. The second kappa shape index (κ2) is 7.57. The third-order valence-corrected chi connectivity index (χ3v) is 7.23. The highest BCUT2D eigenvalue weighted by molar-refractivity contribution is 8.14. The fourth-order valence-corrected chi connectivity index (χ4v) is 5.84. The summed E-state index contributed by atoms with van der Waals surface area (Å²) in [6.45, 7) is 0.910. The van der Waals surface area contributed by atoms with Crippen molar-refractivity contribution in [1.29, 1.82) is 0 Å². The van der Waals surface area contributed by atoms with Crippen LogP contribution in [0.2, 0.25) is 0 Å². The molecule has 2 nitrogen and oxygen atoms in total. The Kier molecular flexibility index (Phi) is 4.76. The summed E-state index contributed by atoms with van der Waals surface area (Å²) in [7, 11) is 0. The first-order chi connectivity index (χ1) is 14.3. The lowest BCUT2D eigenvalue weighted by molar-refractivity contribution is -0.110. The Hall–Kier alpha value is -2.78. The van der Waals surface area contributed by atoms with Crippen LogP contribution < -0.4 is 0 Å². The molecule has 3 heteroatoms. The molecule has 0 saturated carbocycles. The van der Waals surface area contributed by atoms with Gasteiger partial charge in [-0.05, 0) is 28.7 Å². The van der Waals surface area contributed by atoms with E-state index in [4.69, 9.17) is 0 Å². The number of nitrogens with zero attached hydrogens (tertiary/aromatic N) is 1. The average Bonchev–Trinajstić information content (AvgIpc) is 3.16. The Morgan fingerprint density at radius 1 is 0.759 bits per heavy atom. The van der Waals surface area contributed by atoms with Gasteiger partial charge in [0.25, 0.3) is 0 Å². The first-order valence-electron chi connectivity index (χ1n) is 10.1. The molecular formula is C26H23NOS. The van der Waals surface area contributed by atoms with E-state index < -0.39 is 5.54 Å². The molecule has 1 fully saturated rings. The lowest BCUT2D eigenvalue weighted by Crippen LogP contribution is -2.47. The summed E-state index contributed by atoms with van der Waals surface area (Å²) >= 11 is 1.52. The van der Waals surface area contributed by atoms with Gasteiger partial charge in [-0.25, -0.2) is 0 Å². The average molecular weight is 398 g/mol. The van der Waals surface area contributed by atoms with E-state index in [1.165, 1.54) is 34.0 Å². The number of rotatable bonds is 4. The molecule has 0 aliphatic carbocycles. The molecule has 29 heavy (non-hydrogen) atoms. The van der Waals surface area contributed by atoms with Crippen LogP contribution >= 0.6 is 11.8 Å². The molecule has 2 aliphatic rings. The second-order valence-electron chi connectivity index (χ2n) is 7.65. The van der Waals surface area contributed by atoms with Gasteiger partial charge < -0.3 is 4.90 Å². The molecule has 1 atom stereocenters. The first kappa shape index (κ1) is 18.3. The highest BCUT2D eigenvalue weighted by Crippen LogP contribution is 2.47. The van der Waals surface area contributed by atoms with Gasteiger partial charge in [0.2, 0.25) is 0 Å². The van der Waals surface area contributed by atoms with E-state index in [-0.39, 0.29) is 0 Å². The maximum atomic E-state index is 12.1. The van der Waals surface area contributed by atoms with Crippen molar-refractivity contribution in [2.24, 2.45) is 0 Å². The van der Waals surface area contributed by atoms with Gasteiger partial charge in [0.15, 0.2) is 5.12 Å². The van der Waals surface area contributed by atoms with Gasteiger partial charge in [0.05, 0.1) is 0 Å². The van der Waals surface area contributed by atoms with E-state index in [1.54, 1.807) is 0 Å². The summed E-state index contributed by atoms with van der Waals surface area (Å²) in [6.07, 6.45) is 3.84. The quantitative estimate of drug-likeness (QED) is 0.535. The van der Waals surface area contributed by atoms with Crippen molar-refractivity contribution >= 4 is 16.9 Å². The molecule has 5 rings (SSSR count). The third kappa shape index (κ3) is 3.10. The van der Waals surface area contributed by atoms with Gasteiger partial charge in [-0.15, -0.1) is 0 Å². The Bertz CT molecular complexity index is 933. The van der Waals surface area contributed by atoms with Gasteiger partial charge >= 0.3 is 0 Å². The molecule has 0 aromatic heterocycles. The Labute approximate surface area is 176 Å². The van der Waals surface area contributed by atoms with Crippen molar-refractivity contribution in [3.63, 3.8) is 0 Å². The topological polar surface area (TPSA) is 20.3 Å². The smallest absolute Gasteiger partial charge is 0.193 e. The molecule has 0 spiro atoms. The van der Waals surface area contributed by atoms with Crippen molar-refractivity contribution in [2.45, 2.75) is 23.6 Å². The van der Waals surface area contributed by atoms with Crippen molar-refractivity contribution < 1.29 is 4.79 Å². The van der Waals surface area contributed by atoms with Gasteiger partial charge in [0, 0.05) is 24.4 Å². The lowest BCUT2D eigenvalue weighted by Gasteiger charge is -2.47. The van der Waals surface area contributed by atoms with Crippen LogP contribution in [0, 0.1) is 0 Å². The molecule has 144 valence electrons. The summed E-state index contributed by atoms with van der Waals surface area (Å²) in [6, 6.07) is 32.2. The molecule has 3 aromatic carbocycles. The maximum Gasteiger partial charge on any atom is 0.193 e. The molecule has 0 unspecified atom stereocenters. The minimum atomic E-state index is -0.432. The van der Waals surface area contributed by atoms with Crippen LogP contribution in [0.1, 0.15) is 29.5 Å². The van der Waals surface area contributed by atoms with Crippen LogP contribution in [0.25, 0.3) is 0 Å². The zero-order valence-corrected chi connectivity index (χ0v) is 17.0. The van der Waals surface area contributed by atoms with Crippen molar-refractivity contribution in [3.8, 4) is 0 Å². The molecule has 1 saturated heterocycles. The summed E-state index contributed by atoms with van der Waals surface area (Å²) in [4.78, 5) is 14.5.